The molecule has 86 valence electrons. The van der Waals surface area contributed by atoms with Gasteiger partial charge in [-0.25, -0.2) is 0 Å². The van der Waals surface area contributed by atoms with Crippen LogP contribution in [0.5, 0.6) is 0 Å². The molecule has 0 aliphatic rings. The molecule has 4 heteroatoms. The maximum Gasteiger partial charge on any atom is 0.248 e. The molecule has 0 aliphatic heterocycles. The maximum absolute atomic E-state index is 11.1. The van der Waals surface area contributed by atoms with E-state index >= 15 is 0 Å². The second-order valence-electron chi connectivity index (χ2n) is 3.62. The molecule has 1 aromatic rings. The van der Waals surface area contributed by atoms with Gasteiger partial charge < -0.3 is 11.5 Å². The van der Waals surface area contributed by atoms with Crippen molar-refractivity contribution in [2.45, 2.75) is 25.7 Å². The van der Waals surface area contributed by atoms with Gasteiger partial charge >= 0.3 is 0 Å². The normalized spacial score (nSPS) is 9.75. The lowest BCUT2D eigenvalue weighted by Gasteiger charge is -1.99. The molecule has 0 unspecified atom stereocenters. The fourth-order valence-corrected chi connectivity index (χ4v) is 1.45. The molecule has 0 saturated heterocycles. The summed E-state index contributed by atoms with van der Waals surface area (Å²) in [5.74, 6) is -0.402. The van der Waals surface area contributed by atoms with Gasteiger partial charge in [0.05, 0.1) is 0 Å². The van der Waals surface area contributed by atoms with Crippen molar-refractivity contribution in [1.82, 2.24) is 0 Å². The lowest BCUT2D eigenvalue weighted by Crippen LogP contribution is -2.24. The third-order valence-electron chi connectivity index (χ3n) is 2.20. The van der Waals surface area contributed by atoms with Gasteiger partial charge in [-0.15, -0.1) is 0 Å². The van der Waals surface area contributed by atoms with Gasteiger partial charge in [-0.1, -0.05) is 30.3 Å². The molecule has 0 atom stereocenters. The Kier molecular flexibility index (Phi) is 5.05. The largest absolute Gasteiger partial charge is 0.370 e. The Labute approximate surface area is 95.4 Å². The third kappa shape index (κ3) is 5.14. The topological polar surface area (TPSA) is 81.5 Å². The fraction of sp³-hybridized carbons (Fsp3) is 0.333. The lowest BCUT2D eigenvalue weighted by molar-refractivity contribution is -0.117. The van der Waals surface area contributed by atoms with Gasteiger partial charge in [-0.2, -0.15) is 4.99 Å². The SMILES string of the molecule is NC(N)=NC(=O)CCCCc1ccccc1. The number of aryl methyl sites for hydroxylation is 1. The van der Waals surface area contributed by atoms with Crippen molar-refractivity contribution in [2.24, 2.45) is 16.5 Å². The number of nitrogens with two attached hydrogens (primary N) is 2. The van der Waals surface area contributed by atoms with E-state index < -0.39 is 0 Å². The number of hydrogen-bond donors (Lipinski definition) is 2. The van der Waals surface area contributed by atoms with E-state index in [2.05, 4.69) is 17.1 Å². The summed E-state index contributed by atoms with van der Waals surface area (Å²) in [7, 11) is 0. The molecule has 1 amide bonds. The number of carbonyl (C=O) groups is 1. The summed E-state index contributed by atoms with van der Waals surface area (Å²) in [6, 6.07) is 10.2. The molecule has 1 aromatic carbocycles. The van der Waals surface area contributed by atoms with E-state index in [1.54, 1.807) is 0 Å². The minimum Gasteiger partial charge on any atom is -0.370 e. The van der Waals surface area contributed by atoms with Crippen LogP contribution in [-0.4, -0.2) is 11.9 Å². The zero-order valence-corrected chi connectivity index (χ0v) is 9.23. The molecule has 0 spiro atoms. The van der Waals surface area contributed by atoms with E-state index in [4.69, 9.17) is 11.5 Å². The van der Waals surface area contributed by atoms with E-state index in [-0.39, 0.29) is 11.9 Å². The third-order valence-corrected chi connectivity index (χ3v) is 2.20. The standard InChI is InChI=1S/C12H17N3O/c13-12(14)15-11(16)9-5-4-8-10-6-2-1-3-7-10/h1-3,6-7H,4-5,8-9H2,(H4,13,14,15,16). The van der Waals surface area contributed by atoms with Crippen LogP contribution < -0.4 is 11.5 Å². The first kappa shape index (κ1) is 12.2. The molecule has 0 aliphatic carbocycles. The van der Waals surface area contributed by atoms with Crippen LogP contribution in [0.1, 0.15) is 24.8 Å². The number of aliphatic imine (C=N–C) groups is 1. The predicted octanol–water partition coefficient (Wildman–Crippen LogP) is 1.20. The van der Waals surface area contributed by atoms with Gasteiger partial charge in [0, 0.05) is 6.42 Å². The van der Waals surface area contributed by atoms with Crippen LogP contribution in [0, 0.1) is 0 Å². The maximum atomic E-state index is 11.1. The summed E-state index contributed by atoms with van der Waals surface area (Å²) in [6.45, 7) is 0. The van der Waals surface area contributed by atoms with Crippen LogP contribution in [0.15, 0.2) is 35.3 Å². The van der Waals surface area contributed by atoms with E-state index in [9.17, 15) is 4.79 Å². The molecule has 0 saturated carbocycles. The highest BCUT2D eigenvalue weighted by Gasteiger charge is 1.99. The predicted molar refractivity (Wildman–Crippen MR) is 64.8 cm³/mol. The number of benzene rings is 1. The Hall–Kier alpha value is -1.84. The number of rotatable bonds is 5. The molecular formula is C12H17N3O. The summed E-state index contributed by atoms with van der Waals surface area (Å²) in [6.07, 6.45) is 3.17. The summed E-state index contributed by atoms with van der Waals surface area (Å²) in [4.78, 5) is 14.6. The minimum atomic E-state index is -0.243. The van der Waals surface area contributed by atoms with Gasteiger partial charge in [-0.05, 0) is 24.8 Å². The van der Waals surface area contributed by atoms with Gasteiger partial charge in [0.2, 0.25) is 5.91 Å². The molecule has 16 heavy (non-hydrogen) atoms. The summed E-state index contributed by atoms with van der Waals surface area (Å²) >= 11 is 0. The first-order valence-electron chi connectivity index (χ1n) is 5.35. The number of hydrogen-bond acceptors (Lipinski definition) is 1. The van der Waals surface area contributed by atoms with Crippen LogP contribution in [0.4, 0.5) is 0 Å². The molecule has 1 rings (SSSR count). The Bertz CT molecular complexity index is 356. The highest BCUT2D eigenvalue weighted by atomic mass is 16.1. The lowest BCUT2D eigenvalue weighted by atomic mass is 10.1. The first-order valence-corrected chi connectivity index (χ1v) is 5.35. The second-order valence-corrected chi connectivity index (χ2v) is 3.62. The van der Waals surface area contributed by atoms with E-state index in [1.165, 1.54) is 5.56 Å². The van der Waals surface area contributed by atoms with Gasteiger partial charge in [-0.3, -0.25) is 4.79 Å². The second kappa shape index (κ2) is 6.61. The van der Waals surface area contributed by atoms with E-state index in [0.29, 0.717) is 6.42 Å². The quantitative estimate of drug-likeness (QED) is 0.443. The smallest absolute Gasteiger partial charge is 0.248 e. The first-order chi connectivity index (χ1) is 7.68. The van der Waals surface area contributed by atoms with Crippen molar-refractivity contribution in [3.63, 3.8) is 0 Å². The van der Waals surface area contributed by atoms with Crippen molar-refractivity contribution in [2.75, 3.05) is 0 Å². The molecule has 0 bridgehead atoms. The van der Waals surface area contributed by atoms with Crippen LogP contribution in [0.2, 0.25) is 0 Å². The minimum absolute atomic E-state index is 0.159. The highest BCUT2D eigenvalue weighted by Crippen LogP contribution is 2.06. The Morgan fingerprint density at radius 1 is 1.12 bits per heavy atom. The summed E-state index contributed by atoms with van der Waals surface area (Å²) in [5, 5.41) is 0. The van der Waals surface area contributed by atoms with Crippen molar-refractivity contribution in [1.29, 1.82) is 0 Å². The molecule has 0 heterocycles. The highest BCUT2D eigenvalue weighted by molar-refractivity contribution is 5.91. The Morgan fingerprint density at radius 3 is 2.44 bits per heavy atom. The van der Waals surface area contributed by atoms with Crippen molar-refractivity contribution in [3.05, 3.63) is 35.9 Å². The van der Waals surface area contributed by atoms with Gasteiger partial charge in [0.1, 0.15) is 0 Å². The average molecular weight is 219 g/mol. The number of carbonyl (C=O) groups excluding carboxylic acids is 1. The van der Waals surface area contributed by atoms with Crippen molar-refractivity contribution >= 4 is 11.9 Å². The zero-order chi connectivity index (χ0) is 11.8. The Balaban J connectivity index is 2.18. The van der Waals surface area contributed by atoms with Gasteiger partial charge in [0.15, 0.2) is 5.96 Å². The summed E-state index contributed by atoms with van der Waals surface area (Å²) in [5.41, 5.74) is 11.5. The van der Waals surface area contributed by atoms with Crippen molar-refractivity contribution in [3.8, 4) is 0 Å². The molecular weight excluding hydrogens is 202 g/mol. The van der Waals surface area contributed by atoms with Crippen LogP contribution in [-0.2, 0) is 11.2 Å². The number of guanidine groups is 1. The zero-order valence-electron chi connectivity index (χ0n) is 9.23. The van der Waals surface area contributed by atoms with Crippen LogP contribution in [0.25, 0.3) is 0 Å². The molecule has 0 radical (unpaired) electrons. The van der Waals surface area contributed by atoms with Crippen LogP contribution >= 0.6 is 0 Å². The fourth-order valence-electron chi connectivity index (χ4n) is 1.45. The number of nitrogens with zero attached hydrogens (tertiary/aromatic N) is 1. The molecule has 4 nitrogen and oxygen atoms in total. The Morgan fingerprint density at radius 2 is 1.81 bits per heavy atom. The van der Waals surface area contributed by atoms with E-state index in [0.717, 1.165) is 19.3 Å². The van der Waals surface area contributed by atoms with Crippen molar-refractivity contribution < 1.29 is 4.79 Å². The molecule has 4 N–H and O–H groups in total. The van der Waals surface area contributed by atoms with Crippen LogP contribution in [0.3, 0.4) is 0 Å². The monoisotopic (exact) mass is 219 g/mol. The van der Waals surface area contributed by atoms with Gasteiger partial charge in [0.25, 0.3) is 0 Å². The number of unbranched alkanes of at least 4 members (excludes halogenated alkanes) is 1. The molecule has 0 fully saturated rings. The average Bonchev–Trinajstić information content (AvgIpc) is 2.25. The summed E-state index contributed by atoms with van der Waals surface area (Å²) < 4.78 is 0. The molecule has 0 aromatic heterocycles. The number of amides is 1. The van der Waals surface area contributed by atoms with E-state index in [1.807, 2.05) is 18.2 Å².